The Labute approximate surface area is 141 Å². The number of ether oxygens (including phenoxy) is 1. The standard InChI is InChI=1S/C18H22N4O2/c19-16(23)10-14-6-8-22(9-7-14)17-11-20-12-18(21-17)24-13-15-4-2-1-3-5-15/h1-5,11-12,14H,6-10,13H2,(H2,19,23). The summed E-state index contributed by atoms with van der Waals surface area (Å²) in [5.41, 5.74) is 6.37. The maximum Gasteiger partial charge on any atom is 0.234 e. The Kier molecular flexibility index (Phi) is 5.25. The number of nitrogens with zero attached hydrogens (tertiary/aromatic N) is 3. The van der Waals surface area contributed by atoms with Crippen LogP contribution in [0, 0.1) is 5.92 Å². The molecule has 0 unspecified atom stereocenters. The van der Waals surface area contributed by atoms with E-state index in [0.29, 0.717) is 24.8 Å². The molecule has 126 valence electrons. The molecule has 1 aromatic heterocycles. The minimum absolute atomic E-state index is 0.218. The second-order valence-electron chi connectivity index (χ2n) is 6.09. The van der Waals surface area contributed by atoms with Crippen molar-refractivity contribution < 1.29 is 9.53 Å². The minimum atomic E-state index is -0.218. The third-order valence-corrected chi connectivity index (χ3v) is 4.26. The van der Waals surface area contributed by atoms with Crippen LogP contribution in [0.3, 0.4) is 0 Å². The average Bonchev–Trinajstić information content (AvgIpc) is 2.61. The molecule has 0 saturated carbocycles. The SMILES string of the molecule is NC(=O)CC1CCN(c2cncc(OCc3ccccc3)n2)CC1. The normalized spacial score (nSPS) is 15.2. The Morgan fingerprint density at radius 3 is 2.67 bits per heavy atom. The molecule has 0 bridgehead atoms. The number of carbonyl (C=O) groups excluding carboxylic acids is 1. The van der Waals surface area contributed by atoms with Gasteiger partial charge in [-0.1, -0.05) is 30.3 Å². The summed E-state index contributed by atoms with van der Waals surface area (Å²) in [6, 6.07) is 9.97. The average molecular weight is 326 g/mol. The summed E-state index contributed by atoms with van der Waals surface area (Å²) in [6.45, 7) is 2.18. The van der Waals surface area contributed by atoms with Crippen molar-refractivity contribution in [2.24, 2.45) is 11.7 Å². The topological polar surface area (TPSA) is 81.3 Å². The Hall–Kier alpha value is -2.63. The zero-order chi connectivity index (χ0) is 16.8. The highest BCUT2D eigenvalue weighted by molar-refractivity contribution is 5.74. The molecule has 0 radical (unpaired) electrons. The van der Waals surface area contributed by atoms with Crippen molar-refractivity contribution in [1.82, 2.24) is 9.97 Å². The lowest BCUT2D eigenvalue weighted by Crippen LogP contribution is -2.35. The monoisotopic (exact) mass is 326 g/mol. The highest BCUT2D eigenvalue weighted by Crippen LogP contribution is 2.24. The molecule has 0 atom stereocenters. The predicted octanol–water partition coefficient (Wildman–Crippen LogP) is 2.15. The van der Waals surface area contributed by atoms with Crippen LogP contribution in [-0.4, -0.2) is 29.0 Å². The second kappa shape index (κ2) is 7.77. The fraction of sp³-hybridized carbons (Fsp3) is 0.389. The molecule has 2 heterocycles. The van der Waals surface area contributed by atoms with Gasteiger partial charge in [-0.05, 0) is 24.3 Å². The van der Waals surface area contributed by atoms with Crippen LogP contribution in [0.25, 0.3) is 0 Å². The first-order valence-electron chi connectivity index (χ1n) is 8.23. The van der Waals surface area contributed by atoms with Crippen LogP contribution in [0.15, 0.2) is 42.7 Å². The van der Waals surface area contributed by atoms with Crippen LogP contribution in [-0.2, 0) is 11.4 Å². The molecule has 0 spiro atoms. The van der Waals surface area contributed by atoms with Gasteiger partial charge in [0.1, 0.15) is 6.61 Å². The van der Waals surface area contributed by atoms with Crippen molar-refractivity contribution in [3.8, 4) is 5.88 Å². The van der Waals surface area contributed by atoms with Crippen LogP contribution in [0.4, 0.5) is 5.82 Å². The highest BCUT2D eigenvalue weighted by atomic mass is 16.5. The summed E-state index contributed by atoms with van der Waals surface area (Å²) in [5.74, 6) is 1.50. The number of benzene rings is 1. The maximum atomic E-state index is 11.0. The van der Waals surface area contributed by atoms with Gasteiger partial charge in [-0.2, -0.15) is 4.98 Å². The Balaban J connectivity index is 1.56. The third-order valence-electron chi connectivity index (χ3n) is 4.26. The molecule has 3 rings (SSSR count). The quantitative estimate of drug-likeness (QED) is 0.879. The summed E-state index contributed by atoms with van der Waals surface area (Å²) in [5, 5.41) is 0. The lowest BCUT2D eigenvalue weighted by Gasteiger charge is -2.32. The van der Waals surface area contributed by atoms with Gasteiger partial charge < -0.3 is 15.4 Å². The number of piperidine rings is 1. The number of amides is 1. The van der Waals surface area contributed by atoms with E-state index in [1.807, 2.05) is 30.3 Å². The molecular formula is C18H22N4O2. The lowest BCUT2D eigenvalue weighted by atomic mass is 9.93. The zero-order valence-corrected chi connectivity index (χ0v) is 13.6. The summed E-state index contributed by atoms with van der Waals surface area (Å²) in [6.07, 6.45) is 5.75. The lowest BCUT2D eigenvalue weighted by molar-refractivity contribution is -0.119. The third kappa shape index (κ3) is 4.44. The van der Waals surface area contributed by atoms with Crippen LogP contribution >= 0.6 is 0 Å². The number of nitrogens with two attached hydrogens (primary N) is 1. The minimum Gasteiger partial charge on any atom is -0.472 e. The first-order valence-corrected chi connectivity index (χ1v) is 8.23. The highest BCUT2D eigenvalue weighted by Gasteiger charge is 2.21. The molecule has 1 aromatic carbocycles. The summed E-state index contributed by atoms with van der Waals surface area (Å²) in [7, 11) is 0. The van der Waals surface area contributed by atoms with Crippen LogP contribution in [0.2, 0.25) is 0 Å². The maximum absolute atomic E-state index is 11.0. The first kappa shape index (κ1) is 16.2. The number of anilines is 1. The number of carbonyl (C=O) groups is 1. The van der Waals surface area contributed by atoms with Crippen LogP contribution < -0.4 is 15.4 Å². The number of aromatic nitrogens is 2. The van der Waals surface area contributed by atoms with Gasteiger partial charge in [-0.25, -0.2) is 0 Å². The second-order valence-corrected chi connectivity index (χ2v) is 6.09. The molecule has 1 fully saturated rings. The molecule has 1 aliphatic heterocycles. The van der Waals surface area contributed by atoms with Crippen molar-refractivity contribution in [3.63, 3.8) is 0 Å². The molecule has 2 N–H and O–H groups in total. The van der Waals surface area contributed by atoms with Crippen molar-refractivity contribution in [3.05, 3.63) is 48.3 Å². The number of rotatable bonds is 6. The summed E-state index contributed by atoms with van der Waals surface area (Å²) >= 11 is 0. The van der Waals surface area contributed by atoms with Gasteiger partial charge >= 0.3 is 0 Å². The smallest absolute Gasteiger partial charge is 0.234 e. The van der Waals surface area contributed by atoms with Crippen LogP contribution in [0.1, 0.15) is 24.8 Å². The van der Waals surface area contributed by atoms with Gasteiger partial charge in [0.05, 0.1) is 12.4 Å². The number of hydrogen-bond acceptors (Lipinski definition) is 5. The van der Waals surface area contributed by atoms with E-state index >= 15 is 0 Å². The van der Waals surface area contributed by atoms with Crippen molar-refractivity contribution in [2.75, 3.05) is 18.0 Å². The molecule has 24 heavy (non-hydrogen) atoms. The molecule has 6 nitrogen and oxygen atoms in total. The number of primary amides is 1. The summed E-state index contributed by atoms with van der Waals surface area (Å²) < 4.78 is 5.74. The van der Waals surface area contributed by atoms with Gasteiger partial charge in [0, 0.05) is 19.5 Å². The largest absolute Gasteiger partial charge is 0.472 e. The van der Waals surface area contributed by atoms with E-state index in [1.54, 1.807) is 12.4 Å². The van der Waals surface area contributed by atoms with Crippen molar-refractivity contribution in [2.45, 2.75) is 25.9 Å². The van der Waals surface area contributed by atoms with Gasteiger partial charge in [-0.15, -0.1) is 0 Å². The summed E-state index contributed by atoms with van der Waals surface area (Å²) in [4.78, 5) is 22.0. The Morgan fingerprint density at radius 1 is 1.21 bits per heavy atom. The Bertz CT molecular complexity index is 670. The Morgan fingerprint density at radius 2 is 1.96 bits per heavy atom. The molecule has 2 aromatic rings. The predicted molar refractivity (Wildman–Crippen MR) is 91.6 cm³/mol. The van der Waals surface area contributed by atoms with Gasteiger partial charge in [0.25, 0.3) is 0 Å². The number of hydrogen-bond donors (Lipinski definition) is 1. The van der Waals surface area contributed by atoms with Gasteiger partial charge in [-0.3, -0.25) is 9.78 Å². The van der Waals surface area contributed by atoms with E-state index in [9.17, 15) is 4.79 Å². The van der Waals surface area contributed by atoms with E-state index in [0.717, 1.165) is 37.3 Å². The first-order chi connectivity index (χ1) is 11.7. The van der Waals surface area contributed by atoms with E-state index in [4.69, 9.17) is 10.5 Å². The van der Waals surface area contributed by atoms with Gasteiger partial charge in [0.2, 0.25) is 11.8 Å². The van der Waals surface area contributed by atoms with E-state index in [1.165, 1.54) is 0 Å². The molecule has 0 aliphatic carbocycles. The van der Waals surface area contributed by atoms with E-state index < -0.39 is 0 Å². The zero-order valence-electron chi connectivity index (χ0n) is 13.6. The molecular weight excluding hydrogens is 304 g/mol. The fourth-order valence-corrected chi connectivity index (χ4v) is 2.94. The van der Waals surface area contributed by atoms with E-state index in [-0.39, 0.29) is 5.91 Å². The van der Waals surface area contributed by atoms with Crippen molar-refractivity contribution in [1.29, 1.82) is 0 Å². The fourth-order valence-electron chi connectivity index (χ4n) is 2.94. The molecule has 1 amide bonds. The van der Waals surface area contributed by atoms with E-state index in [2.05, 4.69) is 14.9 Å². The molecule has 1 saturated heterocycles. The van der Waals surface area contributed by atoms with Crippen molar-refractivity contribution >= 4 is 11.7 Å². The molecule has 1 aliphatic rings. The van der Waals surface area contributed by atoms with Crippen LogP contribution in [0.5, 0.6) is 5.88 Å². The van der Waals surface area contributed by atoms with Gasteiger partial charge in [0.15, 0.2) is 5.82 Å². The molecule has 6 heteroatoms.